The zero-order valence-corrected chi connectivity index (χ0v) is 33.0. The Morgan fingerprint density at radius 1 is 0.709 bits per heavy atom. The summed E-state index contributed by atoms with van der Waals surface area (Å²) in [6.45, 7) is 1.79. The number of aryl methyl sites for hydroxylation is 1. The Morgan fingerprint density at radius 3 is 2.00 bits per heavy atom. The van der Waals surface area contributed by atoms with Crippen LogP contribution in [-0.4, -0.2) is 33.4 Å². The normalized spacial score (nSPS) is 11.8. The van der Waals surface area contributed by atoms with Gasteiger partial charge in [0.1, 0.15) is 27.2 Å². The molecule has 274 valence electrons. The fraction of sp³-hybridized carbons (Fsp3) is 0.0556. The molecule has 19 heteroatoms. The SMILES string of the molecule is COc1cc(N=Nc2ccc(Nc3ccc(S(N)(=O)=O)cc3[N+](=O)[O-])cc2)c(C)cc1N=Nc1ccc(Nc2ccccc2)c2c(S(=O)(=O)[O-])cccc12.[Na+]. The van der Waals surface area contributed by atoms with Crippen LogP contribution < -0.4 is 50.1 Å². The number of rotatable bonds is 12. The van der Waals surface area contributed by atoms with Crippen LogP contribution in [0.1, 0.15) is 5.56 Å². The largest absolute Gasteiger partial charge is 1.00 e. The van der Waals surface area contributed by atoms with Crippen molar-refractivity contribution in [2.75, 3.05) is 17.7 Å². The molecule has 0 atom stereocenters. The molecule has 4 N–H and O–H groups in total. The Hall–Kier alpha value is -5.60. The molecule has 0 saturated heterocycles. The summed E-state index contributed by atoms with van der Waals surface area (Å²) < 4.78 is 65.7. The number of anilines is 4. The molecule has 6 aromatic rings. The molecule has 0 saturated carbocycles. The van der Waals surface area contributed by atoms with Gasteiger partial charge in [0.05, 0.1) is 38.9 Å². The van der Waals surface area contributed by atoms with Gasteiger partial charge in [-0.05, 0) is 85.3 Å². The van der Waals surface area contributed by atoms with Gasteiger partial charge in [0, 0.05) is 40.0 Å². The fourth-order valence-electron chi connectivity index (χ4n) is 5.38. The summed E-state index contributed by atoms with van der Waals surface area (Å²) in [5, 5.41) is 40.7. The summed E-state index contributed by atoms with van der Waals surface area (Å²) in [7, 11) is -7.53. The van der Waals surface area contributed by atoms with Crippen LogP contribution in [0.15, 0.2) is 146 Å². The molecular formula is C36H29N8NaO8S2. The topological polar surface area (TPSA) is 243 Å². The molecule has 0 heterocycles. The van der Waals surface area contributed by atoms with Crippen LogP contribution in [0.4, 0.5) is 51.2 Å². The Bertz CT molecular complexity index is 2700. The number of hydrogen-bond acceptors (Lipinski definition) is 14. The van der Waals surface area contributed by atoms with Crippen molar-refractivity contribution in [3.05, 3.63) is 131 Å². The van der Waals surface area contributed by atoms with Crippen molar-refractivity contribution in [2.24, 2.45) is 25.6 Å². The molecule has 55 heavy (non-hydrogen) atoms. The van der Waals surface area contributed by atoms with E-state index in [2.05, 4.69) is 31.1 Å². The minimum absolute atomic E-state index is 0. The fourth-order valence-corrected chi connectivity index (χ4v) is 6.63. The van der Waals surface area contributed by atoms with Crippen LogP contribution in [0.2, 0.25) is 0 Å². The van der Waals surface area contributed by atoms with Crippen molar-refractivity contribution in [3.63, 3.8) is 0 Å². The third-order valence-corrected chi connectivity index (χ3v) is 9.77. The first-order chi connectivity index (χ1) is 25.7. The minimum atomic E-state index is -4.85. The molecule has 0 fully saturated rings. The number of primary sulfonamides is 1. The second kappa shape index (κ2) is 16.8. The third-order valence-electron chi connectivity index (χ3n) is 7.98. The van der Waals surface area contributed by atoms with Crippen molar-refractivity contribution in [3.8, 4) is 5.75 Å². The maximum absolute atomic E-state index is 12.3. The van der Waals surface area contributed by atoms with Crippen molar-refractivity contribution in [1.82, 2.24) is 0 Å². The van der Waals surface area contributed by atoms with E-state index in [0.29, 0.717) is 56.5 Å². The Kier molecular flexibility index (Phi) is 12.4. The molecule has 0 aliphatic rings. The molecule has 6 rings (SSSR count). The second-order valence-electron chi connectivity index (χ2n) is 11.6. The predicted octanol–water partition coefficient (Wildman–Crippen LogP) is 5.94. The van der Waals surface area contributed by atoms with Gasteiger partial charge in [-0.15, -0.1) is 10.2 Å². The monoisotopic (exact) mass is 788 g/mol. The number of azo groups is 2. The summed E-state index contributed by atoms with van der Waals surface area (Å²) in [6.07, 6.45) is 0. The van der Waals surface area contributed by atoms with Gasteiger partial charge in [-0.3, -0.25) is 10.1 Å². The number of sulfonamides is 1. The van der Waals surface area contributed by atoms with E-state index in [9.17, 15) is 31.5 Å². The first-order valence-electron chi connectivity index (χ1n) is 15.8. The van der Waals surface area contributed by atoms with E-state index < -0.39 is 35.6 Å². The maximum Gasteiger partial charge on any atom is 1.00 e. The number of methoxy groups -OCH3 is 1. The van der Waals surface area contributed by atoms with Gasteiger partial charge in [0.2, 0.25) is 10.0 Å². The molecular weight excluding hydrogens is 760 g/mol. The number of fused-ring (bicyclic) bond motifs is 1. The van der Waals surface area contributed by atoms with Crippen LogP contribution >= 0.6 is 0 Å². The van der Waals surface area contributed by atoms with Gasteiger partial charge in [-0.1, -0.05) is 30.3 Å². The third kappa shape index (κ3) is 9.56. The number of nitrogens with two attached hydrogens (primary N) is 1. The van der Waals surface area contributed by atoms with Gasteiger partial charge in [-0.25, -0.2) is 22.0 Å². The molecule has 0 amide bonds. The molecule has 0 aromatic heterocycles. The Balaban J connectivity index is 0.00000580. The molecule has 0 bridgehead atoms. The van der Waals surface area contributed by atoms with Crippen molar-refractivity contribution < 1.29 is 60.6 Å². The van der Waals surface area contributed by atoms with Gasteiger partial charge in [0.25, 0.3) is 5.69 Å². The molecule has 0 aliphatic heterocycles. The summed E-state index contributed by atoms with van der Waals surface area (Å²) in [5.41, 5.74) is 3.41. The van der Waals surface area contributed by atoms with Crippen molar-refractivity contribution in [1.29, 1.82) is 0 Å². The quantitative estimate of drug-likeness (QED) is 0.0433. The number of benzene rings is 6. The summed E-state index contributed by atoms with van der Waals surface area (Å²) >= 11 is 0. The zero-order valence-electron chi connectivity index (χ0n) is 29.4. The van der Waals surface area contributed by atoms with Gasteiger partial charge in [-0.2, -0.15) is 10.2 Å². The van der Waals surface area contributed by atoms with E-state index in [1.807, 2.05) is 30.3 Å². The molecule has 0 spiro atoms. The molecule has 0 radical (unpaired) electrons. The van der Waals surface area contributed by atoms with E-state index in [4.69, 9.17) is 9.88 Å². The maximum atomic E-state index is 12.3. The number of nitro benzene ring substituents is 1. The number of ether oxygens (including phenoxy) is 1. The number of nitrogens with one attached hydrogen (secondary N) is 2. The first kappa shape index (κ1) is 40.6. The number of para-hydroxylation sites is 1. The second-order valence-corrected chi connectivity index (χ2v) is 14.5. The number of nitro groups is 1. The average molecular weight is 789 g/mol. The van der Waals surface area contributed by atoms with E-state index in [1.165, 1.54) is 31.4 Å². The number of nitrogens with zero attached hydrogens (tertiary/aromatic N) is 5. The summed E-state index contributed by atoms with van der Waals surface area (Å²) in [5.74, 6) is 0.322. The molecule has 0 aliphatic carbocycles. The van der Waals surface area contributed by atoms with Crippen molar-refractivity contribution in [2.45, 2.75) is 16.7 Å². The van der Waals surface area contributed by atoms with Crippen LogP contribution in [0.5, 0.6) is 5.75 Å². The summed E-state index contributed by atoms with van der Waals surface area (Å²) in [4.78, 5) is 10.1. The van der Waals surface area contributed by atoms with E-state index >= 15 is 0 Å². The zero-order chi connectivity index (χ0) is 38.6. The van der Waals surface area contributed by atoms with Crippen LogP contribution in [0, 0.1) is 17.0 Å². The van der Waals surface area contributed by atoms with Crippen LogP contribution in [0.25, 0.3) is 10.8 Å². The van der Waals surface area contributed by atoms with E-state index in [-0.39, 0.29) is 45.5 Å². The standard InChI is InChI=1S/C36H30N8O8S2.Na/c1-22-19-32(43-41-28-17-18-30(39-23-7-4-3-5-8-23)36-27(28)9-6-10-35(36)54(49,50)51)34(52-2)21-31(22)42-40-25-13-11-24(12-14-25)38-29-16-15-26(53(37,47)48)20-33(29)44(45)46;/h3-21,38-39H,1-2H3,(H2,37,47,48)(H,49,50,51);/q;+1/p-1. The first-order valence-corrected chi connectivity index (χ1v) is 18.7. The smallest absolute Gasteiger partial charge is 0.744 e. The molecule has 16 nitrogen and oxygen atoms in total. The van der Waals surface area contributed by atoms with Crippen molar-refractivity contribution >= 4 is 82.1 Å². The van der Waals surface area contributed by atoms with Crippen LogP contribution in [-0.2, 0) is 20.1 Å². The predicted molar refractivity (Wildman–Crippen MR) is 202 cm³/mol. The Labute approximate surface area is 337 Å². The molecule has 6 aromatic carbocycles. The van der Waals surface area contributed by atoms with E-state index in [1.54, 1.807) is 61.5 Å². The van der Waals surface area contributed by atoms with Crippen LogP contribution in [0.3, 0.4) is 0 Å². The van der Waals surface area contributed by atoms with Gasteiger partial charge >= 0.3 is 29.6 Å². The van der Waals surface area contributed by atoms with Gasteiger partial charge in [0.15, 0.2) is 0 Å². The van der Waals surface area contributed by atoms with E-state index in [0.717, 1.165) is 6.07 Å². The summed E-state index contributed by atoms with van der Waals surface area (Å²) in [6, 6.07) is 29.9. The average Bonchev–Trinajstić information content (AvgIpc) is 3.14. The molecule has 0 unspecified atom stereocenters. The minimum Gasteiger partial charge on any atom is -0.744 e. The Morgan fingerprint density at radius 2 is 1.35 bits per heavy atom. The van der Waals surface area contributed by atoms with Gasteiger partial charge < -0.3 is 19.9 Å². The number of hydrogen-bond donors (Lipinski definition) is 3.